The predicted molar refractivity (Wildman–Crippen MR) is 79.5 cm³/mol. The number of nitrogens with two attached hydrogens (primary N) is 1. The van der Waals surface area contributed by atoms with Crippen molar-refractivity contribution in [2.24, 2.45) is 11.7 Å². The van der Waals surface area contributed by atoms with Gasteiger partial charge in [-0.3, -0.25) is 4.79 Å². The number of hydrogen-bond acceptors (Lipinski definition) is 3. The summed E-state index contributed by atoms with van der Waals surface area (Å²) in [6, 6.07) is 7.86. The lowest BCUT2D eigenvalue weighted by Gasteiger charge is -2.20. The first kappa shape index (κ1) is 14.9. The number of benzene rings is 1. The molecule has 4 nitrogen and oxygen atoms in total. The van der Waals surface area contributed by atoms with Crippen molar-refractivity contribution in [1.82, 2.24) is 5.32 Å². The van der Waals surface area contributed by atoms with Gasteiger partial charge in [-0.15, -0.1) is 0 Å². The standard InChI is InChI=1S/C16H24N2O2/c1-3-20-13-9-7-12(8-10-13)11(2)18-16(19)14-5-4-6-15(14)17/h7-11,14-15H,3-6,17H2,1-2H3,(H,18,19). The van der Waals surface area contributed by atoms with Gasteiger partial charge >= 0.3 is 0 Å². The van der Waals surface area contributed by atoms with E-state index in [0.29, 0.717) is 6.61 Å². The Labute approximate surface area is 120 Å². The van der Waals surface area contributed by atoms with Crippen LogP contribution in [-0.2, 0) is 4.79 Å². The highest BCUT2D eigenvalue weighted by atomic mass is 16.5. The fraction of sp³-hybridized carbons (Fsp3) is 0.562. The number of carbonyl (C=O) groups is 1. The molecule has 0 spiro atoms. The highest BCUT2D eigenvalue weighted by molar-refractivity contribution is 5.80. The molecular formula is C16H24N2O2. The monoisotopic (exact) mass is 276 g/mol. The van der Waals surface area contributed by atoms with Gasteiger partial charge in [0.05, 0.1) is 18.6 Å². The summed E-state index contributed by atoms with van der Waals surface area (Å²) in [7, 11) is 0. The van der Waals surface area contributed by atoms with Crippen molar-refractivity contribution in [2.45, 2.75) is 45.2 Å². The van der Waals surface area contributed by atoms with Crippen LogP contribution in [0.1, 0.15) is 44.7 Å². The number of rotatable bonds is 5. The van der Waals surface area contributed by atoms with Crippen LogP contribution >= 0.6 is 0 Å². The van der Waals surface area contributed by atoms with Crippen molar-refractivity contribution in [3.63, 3.8) is 0 Å². The average Bonchev–Trinajstić information content (AvgIpc) is 2.86. The summed E-state index contributed by atoms with van der Waals surface area (Å²) in [6.07, 6.45) is 2.91. The Bertz CT molecular complexity index is 444. The van der Waals surface area contributed by atoms with Crippen LogP contribution in [0, 0.1) is 5.92 Å². The molecule has 3 unspecified atom stereocenters. The SMILES string of the molecule is CCOc1ccc(C(C)NC(=O)C2CCCC2N)cc1. The van der Waals surface area contributed by atoms with Crippen LogP contribution < -0.4 is 15.8 Å². The Balaban J connectivity index is 1.93. The van der Waals surface area contributed by atoms with Gasteiger partial charge < -0.3 is 15.8 Å². The second-order valence-electron chi connectivity index (χ2n) is 5.43. The first-order chi connectivity index (χ1) is 9.61. The second-order valence-corrected chi connectivity index (χ2v) is 5.43. The molecule has 4 heteroatoms. The molecule has 1 fully saturated rings. The van der Waals surface area contributed by atoms with Crippen LogP contribution in [0.5, 0.6) is 5.75 Å². The molecule has 110 valence electrons. The van der Waals surface area contributed by atoms with Crippen molar-refractivity contribution >= 4 is 5.91 Å². The van der Waals surface area contributed by atoms with Crippen molar-refractivity contribution < 1.29 is 9.53 Å². The van der Waals surface area contributed by atoms with Gasteiger partial charge in [-0.25, -0.2) is 0 Å². The molecule has 0 radical (unpaired) electrons. The molecule has 1 aliphatic rings. The number of hydrogen-bond donors (Lipinski definition) is 2. The van der Waals surface area contributed by atoms with Crippen molar-refractivity contribution in [2.75, 3.05) is 6.61 Å². The maximum absolute atomic E-state index is 12.2. The zero-order chi connectivity index (χ0) is 14.5. The Hall–Kier alpha value is -1.55. The van der Waals surface area contributed by atoms with Gasteiger partial charge in [0.1, 0.15) is 5.75 Å². The van der Waals surface area contributed by atoms with E-state index >= 15 is 0 Å². The Morgan fingerprint density at radius 1 is 1.40 bits per heavy atom. The van der Waals surface area contributed by atoms with Crippen LogP contribution in [0.4, 0.5) is 0 Å². The minimum atomic E-state index is -0.0276. The molecule has 1 aliphatic carbocycles. The zero-order valence-electron chi connectivity index (χ0n) is 12.3. The molecule has 1 aromatic carbocycles. The van der Waals surface area contributed by atoms with E-state index in [0.717, 1.165) is 30.6 Å². The molecule has 0 bridgehead atoms. The van der Waals surface area contributed by atoms with Gasteiger partial charge in [0.25, 0.3) is 0 Å². The molecule has 0 aromatic heterocycles. The molecule has 0 heterocycles. The molecule has 0 aliphatic heterocycles. The maximum Gasteiger partial charge on any atom is 0.225 e. The van der Waals surface area contributed by atoms with E-state index in [-0.39, 0.29) is 23.9 Å². The van der Waals surface area contributed by atoms with Gasteiger partial charge in [0.2, 0.25) is 5.91 Å². The lowest BCUT2D eigenvalue weighted by molar-refractivity contribution is -0.125. The third kappa shape index (κ3) is 3.51. The summed E-state index contributed by atoms with van der Waals surface area (Å²) in [5.74, 6) is 0.907. The summed E-state index contributed by atoms with van der Waals surface area (Å²) in [4.78, 5) is 12.2. The average molecular weight is 276 g/mol. The lowest BCUT2D eigenvalue weighted by atomic mass is 10.0. The quantitative estimate of drug-likeness (QED) is 0.868. The van der Waals surface area contributed by atoms with Gasteiger partial charge in [0.15, 0.2) is 0 Å². The van der Waals surface area contributed by atoms with E-state index in [1.54, 1.807) is 0 Å². The lowest BCUT2D eigenvalue weighted by Crippen LogP contribution is -2.39. The molecule has 2 rings (SSSR count). The first-order valence-corrected chi connectivity index (χ1v) is 7.40. The number of nitrogens with one attached hydrogen (secondary N) is 1. The van der Waals surface area contributed by atoms with Crippen molar-refractivity contribution in [1.29, 1.82) is 0 Å². The zero-order valence-corrected chi connectivity index (χ0v) is 12.3. The van der Waals surface area contributed by atoms with E-state index in [9.17, 15) is 4.79 Å². The second kappa shape index (κ2) is 6.75. The van der Waals surface area contributed by atoms with Gasteiger partial charge in [-0.2, -0.15) is 0 Å². The molecule has 1 aromatic rings. The van der Waals surface area contributed by atoms with Crippen molar-refractivity contribution in [3.8, 4) is 5.75 Å². The van der Waals surface area contributed by atoms with Crippen molar-refractivity contribution in [3.05, 3.63) is 29.8 Å². The smallest absolute Gasteiger partial charge is 0.225 e. The maximum atomic E-state index is 12.2. The fourth-order valence-corrected chi connectivity index (χ4v) is 2.74. The van der Waals surface area contributed by atoms with Gasteiger partial charge in [-0.1, -0.05) is 18.6 Å². The third-order valence-corrected chi connectivity index (χ3v) is 3.96. The Kier molecular flexibility index (Phi) is 5.01. The van der Waals surface area contributed by atoms with E-state index in [1.807, 2.05) is 38.1 Å². The van der Waals surface area contributed by atoms with Crippen LogP contribution in [0.3, 0.4) is 0 Å². The molecule has 3 N–H and O–H groups in total. The van der Waals surface area contributed by atoms with E-state index in [4.69, 9.17) is 10.5 Å². The number of carbonyl (C=O) groups excluding carboxylic acids is 1. The van der Waals surface area contributed by atoms with E-state index in [1.165, 1.54) is 0 Å². The minimum Gasteiger partial charge on any atom is -0.494 e. The van der Waals surface area contributed by atoms with E-state index < -0.39 is 0 Å². The normalized spacial score (nSPS) is 23.4. The predicted octanol–water partition coefficient (Wildman–Crippen LogP) is 2.39. The van der Waals surface area contributed by atoms with Crippen LogP contribution in [0.2, 0.25) is 0 Å². The van der Waals surface area contributed by atoms with E-state index in [2.05, 4.69) is 5.32 Å². The summed E-state index contributed by atoms with van der Waals surface area (Å²) < 4.78 is 5.41. The molecule has 1 amide bonds. The Morgan fingerprint density at radius 2 is 2.10 bits per heavy atom. The Morgan fingerprint density at radius 3 is 2.65 bits per heavy atom. The molecular weight excluding hydrogens is 252 g/mol. The van der Waals surface area contributed by atoms with Crippen LogP contribution in [0.25, 0.3) is 0 Å². The summed E-state index contributed by atoms with van der Waals surface area (Å²) >= 11 is 0. The summed E-state index contributed by atoms with van der Waals surface area (Å²) in [5, 5.41) is 3.06. The molecule has 3 atom stereocenters. The highest BCUT2D eigenvalue weighted by Crippen LogP contribution is 2.25. The molecule has 0 saturated heterocycles. The van der Waals surface area contributed by atoms with Gasteiger partial charge in [0, 0.05) is 6.04 Å². The summed E-state index contributed by atoms with van der Waals surface area (Å²) in [5.41, 5.74) is 7.05. The number of amides is 1. The first-order valence-electron chi connectivity index (χ1n) is 7.40. The highest BCUT2D eigenvalue weighted by Gasteiger charge is 2.30. The largest absolute Gasteiger partial charge is 0.494 e. The third-order valence-electron chi connectivity index (χ3n) is 3.96. The minimum absolute atomic E-state index is 0.00836. The summed E-state index contributed by atoms with van der Waals surface area (Å²) in [6.45, 7) is 4.61. The molecule has 1 saturated carbocycles. The molecule has 20 heavy (non-hydrogen) atoms. The topological polar surface area (TPSA) is 64.3 Å². The van der Waals surface area contributed by atoms with Crippen LogP contribution in [0.15, 0.2) is 24.3 Å². The van der Waals surface area contributed by atoms with Crippen LogP contribution in [-0.4, -0.2) is 18.6 Å². The van der Waals surface area contributed by atoms with Gasteiger partial charge in [-0.05, 0) is 44.4 Å². The number of ether oxygens (including phenoxy) is 1. The fourth-order valence-electron chi connectivity index (χ4n) is 2.74.